The normalized spacial score (nSPS) is 9.78. The van der Waals surface area contributed by atoms with Crippen molar-refractivity contribution < 1.29 is 14.8 Å². The van der Waals surface area contributed by atoms with Crippen LogP contribution in [-0.4, -0.2) is 29.3 Å². The molecule has 2 aromatic rings. The van der Waals surface area contributed by atoms with Gasteiger partial charge in [0.1, 0.15) is 34.8 Å². The van der Waals surface area contributed by atoms with Gasteiger partial charge >= 0.3 is 7.12 Å². The summed E-state index contributed by atoms with van der Waals surface area (Å²) in [5.74, 6) is 0.0518. The molecular weight excluding hydrogens is 299 g/mol. The predicted octanol–water partition coefficient (Wildman–Crippen LogP) is -0.944. The van der Waals surface area contributed by atoms with E-state index in [0.29, 0.717) is 0 Å². The van der Waals surface area contributed by atoms with Gasteiger partial charge in [-0.05, 0) is 11.5 Å². The molecule has 0 spiro atoms. The lowest BCUT2D eigenvalue weighted by atomic mass is 9.78. The van der Waals surface area contributed by atoms with Crippen molar-refractivity contribution in [3.8, 4) is 29.0 Å². The third kappa shape index (κ3) is 2.74. The third-order valence-electron chi connectivity index (χ3n) is 3.26. The zero-order valence-corrected chi connectivity index (χ0v) is 12.0. The van der Waals surface area contributed by atoms with Crippen LogP contribution in [0, 0.1) is 22.7 Å². The Morgan fingerprint density at radius 1 is 1.26 bits per heavy atom. The number of nitrogens with zero attached hydrogens (tertiary/aromatic N) is 2. The molecule has 2 rings (SSSR count). The Hall–Kier alpha value is -3.27. The Morgan fingerprint density at radius 2 is 1.91 bits per heavy atom. The van der Waals surface area contributed by atoms with E-state index in [1.807, 2.05) is 6.07 Å². The number of nitriles is 2. The Labute approximate surface area is 131 Å². The molecule has 0 radical (unpaired) electrons. The van der Waals surface area contributed by atoms with Crippen molar-refractivity contribution in [2.24, 2.45) is 0 Å². The van der Waals surface area contributed by atoms with Gasteiger partial charge in [0.15, 0.2) is 0 Å². The Balaban J connectivity index is 2.97. The number of hydrogen-bond donors (Lipinski definition) is 4. The standard InChI is InChI=1S/C14H11BN4O4/c1-23-11-3-2-7(15(21)22)4-8(11)12-9(5-16)13(18)19-14(20)10(12)6-17/h2-4,21-22H,1H3,(H3,18,19,20). The molecule has 0 aliphatic carbocycles. The molecule has 5 N–H and O–H groups in total. The van der Waals surface area contributed by atoms with Gasteiger partial charge in [-0.2, -0.15) is 10.5 Å². The van der Waals surface area contributed by atoms with E-state index in [1.54, 1.807) is 6.07 Å². The highest BCUT2D eigenvalue weighted by Crippen LogP contribution is 2.34. The molecule has 23 heavy (non-hydrogen) atoms. The van der Waals surface area contributed by atoms with Crippen LogP contribution in [0.1, 0.15) is 11.1 Å². The zero-order chi connectivity index (χ0) is 17.1. The maximum absolute atomic E-state index is 11.9. The van der Waals surface area contributed by atoms with Crippen molar-refractivity contribution in [3.63, 3.8) is 0 Å². The summed E-state index contributed by atoms with van der Waals surface area (Å²) in [5.41, 5.74) is 4.74. The second-order valence-corrected chi connectivity index (χ2v) is 4.55. The second kappa shape index (κ2) is 6.24. The van der Waals surface area contributed by atoms with Crippen molar-refractivity contribution in [3.05, 3.63) is 39.7 Å². The number of nitrogen functional groups attached to an aromatic ring is 1. The van der Waals surface area contributed by atoms with Crippen LogP contribution in [-0.2, 0) is 0 Å². The first-order valence-electron chi connectivity index (χ1n) is 6.35. The van der Waals surface area contributed by atoms with Crippen LogP contribution >= 0.6 is 0 Å². The van der Waals surface area contributed by atoms with Crippen LogP contribution in [0.5, 0.6) is 5.75 Å². The lowest BCUT2D eigenvalue weighted by molar-refractivity contribution is 0.415. The van der Waals surface area contributed by atoms with Crippen LogP contribution in [0.4, 0.5) is 5.82 Å². The molecule has 0 aliphatic rings. The maximum atomic E-state index is 11.9. The van der Waals surface area contributed by atoms with Gasteiger partial charge in [0.05, 0.1) is 7.11 Å². The fourth-order valence-electron chi connectivity index (χ4n) is 2.19. The fraction of sp³-hybridized carbons (Fsp3) is 0.0714. The van der Waals surface area contributed by atoms with Crippen LogP contribution < -0.4 is 21.5 Å². The summed E-state index contributed by atoms with van der Waals surface area (Å²) in [6, 6.07) is 7.73. The number of nitrogens with one attached hydrogen (secondary N) is 1. The predicted molar refractivity (Wildman–Crippen MR) is 82.7 cm³/mol. The van der Waals surface area contributed by atoms with Gasteiger partial charge in [0, 0.05) is 11.1 Å². The highest BCUT2D eigenvalue weighted by molar-refractivity contribution is 6.58. The number of hydrogen-bond acceptors (Lipinski definition) is 7. The molecule has 1 heterocycles. The number of methoxy groups -OCH3 is 1. The summed E-state index contributed by atoms with van der Waals surface area (Å²) in [7, 11) is -0.405. The first-order chi connectivity index (χ1) is 10.9. The van der Waals surface area contributed by atoms with Gasteiger partial charge in [-0.3, -0.25) is 4.79 Å². The number of aromatic amines is 1. The van der Waals surface area contributed by atoms with Crippen LogP contribution in [0.3, 0.4) is 0 Å². The Bertz CT molecular complexity index is 909. The van der Waals surface area contributed by atoms with E-state index < -0.39 is 12.7 Å². The molecule has 0 atom stereocenters. The molecule has 0 amide bonds. The van der Waals surface area contributed by atoms with E-state index in [2.05, 4.69) is 4.98 Å². The molecule has 1 aromatic heterocycles. The summed E-state index contributed by atoms with van der Waals surface area (Å²) in [6.07, 6.45) is 0. The summed E-state index contributed by atoms with van der Waals surface area (Å²) in [4.78, 5) is 14.2. The van der Waals surface area contributed by atoms with Gasteiger partial charge in [0.2, 0.25) is 0 Å². The smallest absolute Gasteiger partial charge is 0.488 e. The SMILES string of the molecule is COc1ccc(B(O)O)cc1-c1c(C#N)c(N)[nH]c(=O)c1C#N. The quantitative estimate of drug-likeness (QED) is 0.533. The topological polar surface area (TPSA) is 156 Å². The third-order valence-corrected chi connectivity index (χ3v) is 3.26. The first kappa shape index (κ1) is 16.1. The van der Waals surface area contributed by atoms with Gasteiger partial charge in [-0.1, -0.05) is 12.1 Å². The Kier molecular flexibility index (Phi) is 4.37. The molecule has 0 aliphatic heterocycles. The van der Waals surface area contributed by atoms with Crippen LogP contribution in [0.2, 0.25) is 0 Å². The van der Waals surface area contributed by atoms with Gasteiger partial charge in [0.25, 0.3) is 5.56 Å². The Morgan fingerprint density at radius 3 is 2.43 bits per heavy atom. The number of nitrogens with two attached hydrogens (primary N) is 1. The fourth-order valence-corrected chi connectivity index (χ4v) is 2.19. The summed E-state index contributed by atoms with van der Waals surface area (Å²) < 4.78 is 5.18. The van der Waals surface area contributed by atoms with Crippen molar-refractivity contribution in [2.45, 2.75) is 0 Å². The lowest BCUT2D eigenvalue weighted by Gasteiger charge is -2.14. The number of pyridine rings is 1. The number of rotatable bonds is 3. The van der Waals surface area contributed by atoms with E-state index in [1.165, 1.54) is 25.3 Å². The van der Waals surface area contributed by atoms with Crippen molar-refractivity contribution in [1.29, 1.82) is 10.5 Å². The van der Waals surface area contributed by atoms with E-state index in [-0.39, 0.29) is 39.3 Å². The summed E-state index contributed by atoms with van der Waals surface area (Å²) in [5, 5.41) is 37.2. The minimum atomic E-state index is -1.77. The minimum absolute atomic E-state index is 0.0180. The highest BCUT2D eigenvalue weighted by atomic mass is 16.5. The molecule has 0 saturated heterocycles. The molecule has 0 fully saturated rings. The number of ether oxygens (including phenoxy) is 1. The lowest BCUT2D eigenvalue weighted by Crippen LogP contribution is -2.30. The van der Waals surface area contributed by atoms with Gasteiger partial charge in [-0.25, -0.2) is 0 Å². The molecule has 0 saturated carbocycles. The molecule has 114 valence electrons. The van der Waals surface area contributed by atoms with E-state index in [0.717, 1.165) is 0 Å². The average molecular weight is 310 g/mol. The first-order valence-corrected chi connectivity index (χ1v) is 6.35. The minimum Gasteiger partial charge on any atom is -0.496 e. The van der Waals surface area contributed by atoms with Crippen LogP contribution in [0.25, 0.3) is 11.1 Å². The number of anilines is 1. The molecule has 0 unspecified atom stereocenters. The largest absolute Gasteiger partial charge is 0.496 e. The molecular formula is C14H11BN4O4. The van der Waals surface area contributed by atoms with Crippen LogP contribution in [0.15, 0.2) is 23.0 Å². The highest BCUT2D eigenvalue weighted by Gasteiger charge is 2.23. The number of aromatic nitrogens is 1. The van der Waals surface area contributed by atoms with Crippen molar-refractivity contribution in [1.82, 2.24) is 4.98 Å². The van der Waals surface area contributed by atoms with Crippen molar-refractivity contribution in [2.75, 3.05) is 12.8 Å². The second-order valence-electron chi connectivity index (χ2n) is 4.55. The van der Waals surface area contributed by atoms with Crippen molar-refractivity contribution >= 4 is 18.4 Å². The van der Waals surface area contributed by atoms with Gasteiger partial charge < -0.3 is 25.5 Å². The zero-order valence-electron chi connectivity index (χ0n) is 12.0. The molecule has 1 aromatic carbocycles. The molecule has 0 bridgehead atoms. The van der Waals surface area contributed by atoms with Gasteiger partial charge in [-0.15, -0.1) is 0 Å². The summed E-state index contributed by atoms with van der Waals surface area (Å²) in [6.45, 7) is 0. The maximum Gasteiger partial charge on any atom is 0.488 e. The average Bonchev–Trinajstić information content (AvgIpc) is 2.53. The summed E-state index contributed by atoms with van der Waals surface area (Å²) >= 11 is 0. The number of H-pyrrole nitrogens is 1. The van der Waals surface area contributed by atoms with E-state index >= 15 is 0 Å². The van der Waals surface area contributed by atoms with E-state index in [9.17, 15) is 25.4 Å². The van der Waals surface area contributed by atoms with E-state index in [4.69, 9.17) is 10.5 Å². The number of benzene rings is 1. The monoisotopic (exact) mass is 310 g/mol. The molecule has 9 heteroatoms. The molecule has 8 nitrogen and oxygen atoms in total.